The number of carbonyl (C=O) groups is 1. The fraction of sp³-hybridized carbons (Fsp3) is 0.423. The van der Waals surface area contributed by atoms with Crippen molar-refractivity contribution in [1.29, 1.82) is 0 Å². The molecule has 1 aliphatic rings. The van der Waals surface area contributed by atoms with Gasteiger partial charge in [-0.1, -0.05) is 61.4 Å². The van der Waals surface area contributed by atoms with Crippen molar-refractivity contribution >= 4 is 17.7 Å². The summed E-state index contributed by atoms with van der Waals surface area (Å²) in [5.41, 5.74) is 2.13. The molecular weight excluding hydrogens is 432 g/mol. The minimum absolute atomic E-state index is 0.151. The molecule has 0 atom stereocenters. The van der Waals surface area contributed by atoms with E-state index >= 15 is 0 Å². The van der Waals surface area contributed by atoms with Crippen LogP contribution in [0.25, 0.3) is 5.69 Å². The standard InChI is InChI=1S/C26H32N4O2S/c1-3-32-23-16-14-22(15-17-23)30-24(18-20-10-6-4-7-11-20)27-28-26(30)33-19-25(31)29(2)21-12-8-5-9-13-21/h4,6-7,10-11,14-17,21H,3,5,8-9,12-13,18-19H2,1-2H3. The average molecular weight is 465 g/mol. The molecule has 7 heteroatoms. The monoisotopic (exact) mass is 464 g/mol. The van der Waals surface area contributed by atoms with Gasteiger partial charge < -0.3 is 9.64 Å². The van der Waals surface area contributed by atoms with Gasteiger partial charge in [0.05, 0.1) is 12.4 Å². The molecule has 1 fully saturated rings. The molecule has 1 aromatic heterocycles. The number of rotatable bonds is 9. The molecule has 0 saturated heterocycles. The molecule has 0 bridgehead atoms. The second-order valence-electron chi connectivity index (χ2n) is 8.41. The van der Waals surface area contributed by atoms with Crippen LogP contribution in [0.15, 0.2) is 59.8 Å². The maximum Gasteiger partial charge on any atom is 0.233 e. The number of benzene rings is 2. The SMILES string of the molecule is CCOc1ccc(-n2c(Cc3ccccc3)nnc2SCC(=O)N(C)C2CCCCC2)cc1. The van der Waals surface area contributed by atoms with Gasteiger partial charge in [0.2, 0.25) is 5.91 Å². The number of thioether (sulfide) groups is 1. The number of carbonyl (C=O) groups excluding carboxylic acids is 1. The number of ether oxygens (including phenoxy) is 1. The van der Waals surface area contributed by atoms with Crippen molar-refractivity contribution < 1.29 is 9.53 Å². The highest BCUT2D eigenvalue weighted by Crippen LogP contribution is 2.27. The van der Waals surface area contributed by atoms with Crippen LogP contribution in [-0.4, -0.2) is 51.0 Å². The van der Waals surface area contributed by atoms with E-state index in [2.05, 4.69) is 26.9 Å². The first-order valence-corrected chi connectivity index (χ1v) is 12.7. The van der Waals surface area contributed by atoms with Gasteiger partial charge in [0.1, 0.15) is 11.6 Å². The zero-order chi connectivity index (χ0) is 23.0. The van der Waals surface area contributed by atoms with Crippen molar-refractivity contribution in [3.05, 3.63) is 66.0 Å². The van der Waals surface area contributed by atoms with Crippen LogP contribution in [0.5, 0.6) is 5.75 Å². The normalized spacial score (nSPS) is 14.2. The van der Waals surface area contributed by atoms with Crippen molar-refractivity contribution in [2.45, 2.75) is 56.6 Å². The largest absolute Gasteiger partial charge is 0.494 e. The molecule has 4 rings (SSSR count). The molecule has 2 aromatic carbocycles. The topological polar surface area (TPSA) is 60.2 Å². The zero-order valence-electron chi connectivity index (χ0n) is 19.4. The molecule has 1 saturated carbocycles. The van der Waals surface area contributed by atoms with Crippen molar-refractivity contribution in [3.63, 3.8) is 0 Å². The second kappa shape index (κ2) is 11.4. The third-order valence-corrected chi connectivity index (χ3v) is 7.07. The first kappa shape index (κ1) is 23.4. The lowest BCUT2D eigenvalue weighted by atomic mass is 9.94. The summed E-state index contributed by atoms with van der Waals surface area (Å²) in [6, 6.07) is 18.6. The molecule has 1 heterocycles. The molecule has 1 amide bonds. The molecule has 6 nitrogen and oxygen atoms in total. The fourth-order valence-electron chi connectivity index (χ4n) is 4.30. The van der Waals surface area contributed by atoms with Gasteiger partial charge in [-0.05, 0) is 49.6 Å². The van der Waals surface area contributed by atoms with Gasteiger partial charge in [-0.3, -0.25) is 9.36 Å². The predicted octanol–water partition coefficient (Wildman–Crippen LogP) is 5.14. The smallest absolute Gasteiger partial charge is 0.233 e. The average Bonchev–Trinajstić information content (AvgIpc) is 3.26. The minimum Gasteiger partial charge on any atom is -0.494 e. The lowest BCUT2D eigenvalue weighted by Gasteiger charge is -2.31. The van der Waals surface area contributed by atoms with Gasteiger partial charge >= 0.3 is 0 Å². The quantitative estimate of drug-likeness (QED) is 0.410. The molecule has 0 unspecified atom stereocenters. The Morgan fingerprint density at radius 1 is 1.06 bits per heavy atom. The van der Waals surface area contributed by atoms with E-state index in [0.29, 0.717) is 24.8 Å². The van der Waals surface area contributed by atoms with Crippen molar-refractivity contribution in [1.82, 2.24) is 19.7 Å². The van der Waals surface area contributed by atoms with Gasteiger partial charge in [0.15, 0.2) is 5.16 Å². The van der Waals surface area contributed by atoms with Crippen LogP contribution in [0.1, 0.15) is 50.4 Å². The van der Waals surface area contributed by atoms with E-state index < -0.39 is 0 Å². The lowest BCUT2D eigenvalue weighted by Crippen LogP contribution is -2.39. The maximum absolute atomic E-state index is 12.9. The van der Waals surface area contributed by atoms with Gasteiger partial charge in [0.25, 0.3) is 0 Å². The number of nitrogens with zero attached hydrogens (tertiary/aromatic N) is 4. The summed E-state index contributed by atoms with van der Waals surface area (Å²) in [7, 11) is 1.94. The van der Waals surface area contributed by atoms with Crippen LogP contribution >= 0.6 is 11.8 Å². The molecule has 174 valence electrons. The number of hydrogen-bond donors (Lipinski definition) is 0. The van der Waals surface area contributed by atoms with E-state index in [1.165, 1.54) is 36.6 Å². The number of hydrogen-bond acceptors (Lipinski definition) is 5. The highest BCUT2D eigenvalue weighted by molar-refractivity contribution is 7.99. The zero-order valence-corrected chi connectivity index (χ0v) is 20.3. The summed E-state index contributed by atoms with van der Waals surface area (Å²) in [4.78, 5) is 14.8. The highest BCUT2D eigenvalue weighted by atomic mass is 32.2. The molecule has 0 N–H and O–H groups in total. The van der Waals surface area contributed by atoms with Gasteiger partial charge in [0, 0.05) is 25.2 Å². The third-order valence-electron chi connectivity index (χ3n) is 6.15. The van der Waals surface area contributed by atoms with Gasteiger partial charge in [-0.2, -0.15) is 0 Å². The number of aromatic nitrogens is 3. The van der Waals surface area contributed by atoms with Crippen LogP contribution in [0.4, 0.5) is 0 Å². The predicted molar refractivity (Wildman–Crippen MR) is 132 cm³/mol. The second-order valence-corrected chi connectivity index (χ2v) is 9.35. The summed E-state index contributed by atoms with van der Waals surface area (Å²) < 4.78 is 7.66. The van der Waals surface area contributed by atoms with Gasteiger partial charge in [-0.25, -0.2) is 0 Å². The van der Waals surface area contributed by atoms with E-state index in [9.17, 15) is 4.79 Å². The third kappa shape index (κ3) is 5.96. The Morgan fingerprint density at radius 2 is 1.79 bits per heavy atom. The summed E-state index contributed by atoms with van der Waals surface area (Å²) in [6.07, 6.45) is 6.59. The van der Waals surface area contributed by atoms with Crippen LogP contribution in [-0.2, 0) is 11.2 Å². The van der Waals surface area contributed by atoms with E-state index in [4.69, 9.17) is 4.74 Å². The Morgan fingerprint density at radius 3 is 2.48 bits per heavy atom. The van der Waals surface area contributed by atoms with E-state index in [1.807, 2.05) is 61.3 Å². The Hall–Kier alpha value is -2.80. The molecule has 33 heavy (non-hydrogen) atoms. The van der Waals surface area contributed by atoms with E-state index in [0.717, 1.165) is 35.3 Å². The fourth-order valence-corrected chi connectivity index (χ4v) is 5.20. The molecule has 3 aromatic rings. The Kier molecular flexibility index (Phi) is 8.05. The van der Waals surface area contributed by atoms with Gasteiger partial charge in [-0.15, -0.1) is 10.2 Å². The van der Waals surface area contributed by atoms with E-state index in [-0.39, 0.29) is 5.91 Å². The molecule has 0 spiro atoms. The van der Waals surface area contributed by atoms with Crippen molar-refractivity contribution in [2.24, 2.45) is 0 Å². The lowest BCUT2D eigenvalue weighted by molar-refractivity contribution is -0.129. The molecule has 1 aliphatic carbocycles. The van der Waals surface area contributed by atoms with Crippen LogP contribution < -0.4 is 4.74 Å². The number of amides is 1. The van der Waals surface area contributed by atoms with Crippen molar-refractivity contribution in [3.8, 4) is 11.4 Å². The molecular formula is C26H32N4O2S. The maximum atomic E-state index is 12.9. The summed E-state index contributed by atoms with van der Waals surface area (Å²) in [5.74, 6) is 2.18. The minimum atomic E-state index is 0.151. The summed E-state index contributed by atoms with van der Waals surface area (Å²) in [6.45, 7) is 2.60. The van der Waals surface area contributed by atoms with E-state index in [1.54, 1.807) is 0 Å². The van der Waals surface area contributed by atoms with Crippen LogP contribution in [0.2, 0.25) is 0 Å². The Bertz CT molecular complexity index is 1030. The van der Waals surface area contributed by atoms with Crippen molar-refractivity contribution in [2.75, 3.05) is 19.4 Å². The molecule has 0 radical (unpaired) electrons. The van der Waals surface area contributed by atoms with Crippen LogP contribution in [0.3, 0.4) is 0 Å². The summed E-state index contributed by atoms with van der Waals surface area (Å²) in [5, 5.41) is 9.69. The summed E-state index contributed by atoms with van der Waals surface area (Å²) >= 11 is 1.46. The molecule has 0 aliphatic heterocycles. The first-order chi connectivity index (χ1) is 16.2. The Labute approximate surface area is 200 Å². The highest BCUT2D eigenvalue weighted by Gasteiger charge is 2.23. The first-order valence-electron chi connectivity index (χ1n) is 11.8. The Balaban J connectivity index is 1.54. The van der Waals surface area contributed by atoms with Crippen LogP contribution in [0, 0.1) is 0 Å².